The minimum absolute atomic E-state index is 0.0711. The molecule has 160 valence electrons. The van der Waals surface area contributed by atoms with Crippen LogP contribution in [0.3, 0.4) is 0 Å². The van der Waals surface area contributed by atoms with Gasteiger partial charge in [-0.3, -0.25) is 4.72 Å². The number of sulfonamides is 1. The van der Waals surface area contributed by atoms with Crippen LogP contribution in [0, 0.1) is 13.8 Å². The van der Waals surface area contributed by atoms with Gasteiger partial charge in [-0.05, 0) is 26.0 Å². The molecule has 0 radical (unpaired) electrons. The first-order valence-electron chi connectivity index (χ1n) is 8.63. The van der Waals surface area contributed by atoms with Crippen molar-refractivity contribution in [3.8, 4) is 22.8 Å². The average molecular weight is 460 g/mol. The summed E-state index contributed by atoms with van der Waals surface area (Å²) in [6.45, 7) is 3.92. The molecule has 7 nitrogen and oxygen atoms in total. The van der Waals surface area contributed by atoms with Crippen molar-refractivity contribution in [2.75, 3.05) is 17.9 Å². The molecule has 12 heteroatoms. The van der Waals surface area contributed by atoms with Crippen LogP contribution in [0.4, 0.5) is 18.9 Å². The zero-order valence-electron chi connectivity index (χ0n) is 15.7. The number of benzene rings is 1. The highest BCUT2D eigenvalue weighted by molar-refractivity contribution is 7.93. The lowest BCUT2D eigenvalue weighted by atomic mass is 10.1. The molecule has 0 spiro atoms. The third-order valence-corrected chi connectivity index (χ3v) is 7.02. The second-order valence-corrected chi connectivity index (χ2v) is 9.50. The lowest BCUT2D eigenvalue weighted by Gasteiger charge is -2.19. The van der Waals surface area contributed by atoms with Gasteiger partial charge >= 0.3 is 6.18 Å². The predicted molar refractivity (Wildman–Crippen MR) is 103 cm³/mol. The molecule has 0 saturated heterocycles. The van der Waals surface area contributed by atoms with E-state index >= 15 is 0 Å². The molecule has 0 atom stereocenters. The summed E-state index contributed by atoms with van der Waals surface area (Å²) in [5, 5.41) is 3.45. The highest BCUT2D eigenvalue weighted by Gasteiger charge is 2.37. The van der Waals surface area contributed by atoms with Crippen LogP contribution in [-0.4, -0.2) is 26.8 Å². The van der Waals surface area contributed by atoms with Crippen molar-refractivity contribution in [2.45, 2.75) is 24.9 Å². The number of nitrogens with one attached hydrogen (secondary N) is 1. The van der Waals surface area contributed by atoms with Crippen molar-refractivity contribution in [1.82, 2.24) is 5.16 Å². The standard InChI is InChI=1S/C18H15F3N2O5S2/c1-9-16(12-8-15(28-22-12)18(19,20)21)17(10(2)29-9)30(24,25)23-11-3-4-13-14(7-11)27-6-5-26-13/h3-4,7-8,23H,5-6H2,1-2H3. The molecule has 0 amide bonds. The third-order valence-electron chi connectivity index (χ3n) is 4.31. The van der Waals surface area contributed by atoms with Crippen molar-refractivity contribution >= 4 is 27.0 Å². The lowest BCUT2D eigenvalue weighted by Crippen LogP contribution is -2.17. The molecular weight excluding hydrogens is 445 g/mol. The molecule has 1 N–H and O–H groups in total. The van der Waals surface area contributed by atoms with Gasteiger partial charge in [0.05, 0.1) is 5.69 Å². The summed E-state index contributed by atoms with van der Waals surface area (Å²) in [6.07, 6.45) is -4.73. The molecule has 0 saturated carbocycles. The number of anilines is 1. The molecule has 0 fully saturated rings. The fraction of sp³-hybridized carbons (Fsp3) is 0.278. The van der Waals surface area contributed by atoms with Gasteiger partial charge in [-0.2, -0.15) is 13.2 Å². The van der Waals surface area contributed by atoms with E-state index in [1.807, 2.05) is 0 Å². The van der Waals surface area contributed by atoms with E-state index in [1.54, 1.807) is 19.9 Å². The molecule has 1 aromatic carbocycles. The topological polar surface area (TPSA) is 90.7 Å². The largest absolute Gasteiger partial charge is 0.486 e. The van der Waals surface area contributed by atoms with Crippen molar-refractivity contribution in [2.24, 2.45) is 0 Å². The van der Waals surface area contributed by atoms with Crippen LogP contribution in [-0.2, 0) is 16.2 Å². The first kappa shape index (κ1) is 20.5. The van der Waals surface area contributed by atoms with E-state index in [9.17, 15) is 21.6 Å². The Morgan fingerprint density at radius 3 is 2.43 bits per heavy atom. The summed E-state index contributed by atoms with van der Waals surface area (Å²) in [5.74, 6) is -0.412. The molecule has 0 bridgehead atoms. The van der Waals surface area contributed by atoms with E-state index in [-0.39, 0.29) is 21.8 Å². The fourth-order valence-electron chi connectivity index (χ4n) is 3.12. The first-order valence-corrected chi connectivity index (χ1v) is 10.9. The van der Waals surface area contributed by atoms with Gasteiger partial charge in [0.2, 0.25) is 5.76 Å². The number of thiophene rings is 1. The molecular formula is C18H15F3N2O5S2. The number of hydrogen-bond acceptors (Lipinski definition) is 7. The Kier molecular flexibility index (Phi) is 4.93. The highest BCUT2D eigenvalue weighted by Crippen LogP contribution is 2.41. The molecule has 3 aromatic rings. The average Bonchev–Trinajstić information content (AvgIpc) is 3.25. The summed E-state index contributed by atoms with van der Waals surface area (Å²) in [6, 6.07) is 5.26. The fourth-order valence-corrected chi connectivity index (χ4v) is 6.05. The van der Waals surface area contributed by atoms with Crippen LogP contribution in [0.15, 0.2) is 33.7 Å². The number of rotatable bonds is 4. The van der Waals surface area contributed by atoms with E-state index in [0.29, 0.717) is 40.5 Å². The molecule has 1 aliphatic heterocycles. The number of aryl methyl sites for hydroxylation is 2. The van der Waals surface area contributed by atoms with Crippen molar-refractivity contribution in [3.63, 3.8) is 0 Å². The monoisotopic (exact) mass is 460 g/mol. The van der Waals surface area contributed by atoms with E-state index in [1.165, 1.54) is 12.1 Å². The SMILES string of the molecule is Cc1sc(C)c(S(=O)(=O)Nc2ccc3c(c2)OCCO3)c1-c1cc(C(F)(F)F)on1. The normalized spacial score (nSPS) is 14.0. The maximum absolute atomic E-state index is 13.1. The van der Waals surface area contributed by atoms with Crippen LogP contribution in [0.25, 0.3) is 11.3 Å². The summed E-state index contributed by atoms with van der Waals surface area (Å²) in [7, 11) is -4.15. The van der Waals surface area contributed by atoms with Crippen LogP contribution < -0.4 is 14.2 Å². The van der Waals surface area contributed by atoms with Crippen LogP contribution >= 0.6 is 11.3 Å². The second-order valence-electron chi connectivity index (χ2n) is 6.46. The van der Waals surface area contributed by atoms with Gasteiger partial charge in [0.1, 0.15) is 23.8 Å². The molecule has 3 heterocycles. The number of alkyl halides is 3. The maximum atomic E-state index is 13.1. The summed E-state index contributed by atoms with van der Waals surface area (Å²) >= 11 is 1.14. The number of halogens is 3. The Morgan fingerprint density at radius 1 is 1.07 bits per heavy atom. The quantitative estimate of drug-likeness (QED) is 0.612. The van der Waals surface area contributed by atoms with E-state index in [2.05, 4.69) is 14.4 Å². The van der Waals surface area contributed by atoms with Gasteiger partial charge in [-0.25, -0.2) is 8.42 Å². The maximum Gasteiger partial charge on any atom is 0.452 e. The van der Waals surface area contributed by atoms with Crippen molar-refractivity contribution in [3.05, 3.63) is 39.8 Å². The zero-order chi connectivity index (χ0) is 21.7. The first-order chi connectivity index (χ1) is 14.1. The lowest BCUT2D eigenvalue weighted by molar-refractivity contribution is -0.155. The van der Waals surface area contributed by atoms with Gasteiger partial charge < -0.3 is 14.0 Å². The van der Waals surface area contributed by atoms with E-state index in [0.717, 1.165) is 11.3 Å². The Morgan fingerprint density at radius 2 is 1.77 bits per heavy atom. The smallest absolute Gasteiger partial charge is 0.452 e. The van der Waals surface area contributed by atoms with Crippen molar-refractivity contribution in [1.29, 1.82) is 0 Å². The Labute approximate surface area is 173 Å². The Balaban J connectivity index is 1.74. The van der Waals surface area contributed by atoms with Gasteiger partial charge in [0.15, 0.2) is 11.5 Å². The number of ether oxygens (including phenoxy) is 2. The molecule has 4 rings (SSSR count). The highest BCUT2D eigenvalue weighted by atomic mass is 32.2. The molecule has 0 aliphatic carbocycles. The predicted octanol–water partition coefficient (Wildman–Crippen LogP) is 4.61. The van der Waals surface area contributed by atoms with Gasteiger partial charge in [-0.15, -0.1) is 11.3 Å². The molecule has 0 unspecified atom stereocenters. The summed E-state index contributed by atoms with van der Waals surface area (Å²) < 4.78 is 82.7. The Bertz CT molecular complexity index is 1220. The van der Waals surface area contributed by atoms with Crippen LogP contribution in [0.1, 0.15) is 15.5 Å². The number of nitrogens with zero attached hydrogens (tertiary/aromatic N) is 1. The Hall–Kier alpha value is -2.73. The molecule has 2 aromatic heterocycles. The zero-order valence-corrected chi connectivity index (χ0v) is 17.3. The minimum atomic E-state index is -4.73. The van der Waals surface area contributed by atoms with Gasteiger partial charge in [-0.1, -0.05) is 5.16 Å². The van der Waals surface area contributed by atoms with Gasteiger partial charge in [0.25, 0.3) is 10.0 Å². The number of aromatic nitrogens is 1. The van der Waals surface area contributed by atoms with E-state index < -0.39 is 22.0 Å². The summed E-state index contributed by atoms with van der Waals surface area (Å²) in [4.78, 5) is 0.753. The van der Waals surface area contributed by atoms with Crippen LogP contribution in [0.5, 0.6) is 11.5 Å². The van der Waals surface area contributed by atoms with E-state index in [4.69, 9.17) is 9.47 Å². The molecule has 1 aliphatic rings. The van der Waals surface area contributed by atoms with Crippen molar-refractivity contribution < 1.29 is 35.6 Å². The molecule has 30 heavy (non-hydrogen) atoms. The summed E-state index contributed by atoms with van der Waals surface area (Å²) in [5.41, 5.74) is 0.0955. The number of hydrogen-bond donors (Lipinski definition) is 1. The third kappa shape index (κ3) is 3.72. The second kappa shape index (κ2) is 7.20. The minimum Gasteiger partial charge on any atom is -0.486 e. The number of fused-ring (bicyclic) bond motifs is 1. The van der Waals surface area contributed by atoms with Crippen LogP contribution in [0.2, 0.25) is 0 Å². The van der Waals surface area contributed by atoms with Gasteiger partial charge in [0, 0.05) is 27.5 Å².